The van der Waals surface area contributed by atoms with E-state index in [1.54, 1.807) is 26.0 Å². The Morgan fingerprint density at radius 3 is 2.71 bits per heavy atom. The number of amides is 1. The summed E-state index contributed by atoms with van der Waals surface area (Å²) in [6.07, 6.45) is 2.07. The Bertz CT molecular complexity index is 1230. The first-order valence-corrected chi connectivity index (χ1v) is 11.4. The smallest absolute Gasteiger partial charge is 0.269 e. The SMILES string of the molecule is CC1(C)Oc2ccc(Nc3nc(Nc4ccc(N5CCCOCC5)cc4)ncc3F)nc2NC1=O. The summed E-state index contributed by atoms with van der Waals surface area (Å²) in [4.78, 5) is 27.0. The average Bonchev–Trinajstić information content (AvgIpc) is 3.12. The van der Waals surface area contributed by atoms with Crippen molar-refractivity contribution < 1.29 is 18.7 Å². The molecule has 182 valence electrons. The molecular weight excluding hydrogens is 453 g/mol. The molecular formula is C24H26FN7O3. The Kier molecular flexibility index (Phi) is 6.08. The first-order chi connectivity index (χ1) is 16.9. The summed E-state index contributed by atoms with van der Waals surface area (Å²) in [5.41, 5.74) is 0.885. The zero-order valence-corrected chi connectivity index (χ0v) is 19.5. The van der Waals surface area contributed by atoms with Gasteiger partial charge < -0.3 is 30.3 Å². The van der Waals surface area contributed by atoms with Crippen molar-refractivity contribution in [2.45, 2.75) is 25.9 Å². The number of hydrogen-bond acceptors (Lipinski definition) is 9. The third-order valence-corrected chi connectivity index (χ3v) is 5.70. The number of rotatable bonds is 5. The van der Waals surface area contributed by atoms with E-state index < -0.39 is 11.4 Å². The van der Waals surface area contributed by atoms with Gasteiger partial charge in [0.2, 0.25) is 5.95 Å². The molecule has 4 heterocycles. The highest BCUT2D eigenvalue weighted by atomic mass is 19.1. The largest absolute Gasteiger partial charge is 0.474 e. The second kappa shape index (κ2) is 9.34. The number of halogens is 1. The number of carbonyl (C=O) groups is 1. The Balaban J connectivity index is 1.29. The molecule has 0 atom stereocenters. The summed E-state index contributed by atoms with van der Waals surface area (Å²) < 4.78 is 25.6. The summed E-state index contributed by atoms with van der Waals surface area (Å²) in [6.45, 7) is 6.64. The van der Waals surface area contributed by atoms with Crippen LogP contribution in [0.3, 0.4) is 0 Å². The Labute approximate surface area is 201 Å². The molecule has 3 aromatic rings. The lowest BCUT2D eigenvalue weighted by molar-refractivity contribution is -0.129. The molecule has 1 amide bonds. The summed E-state index contributed by atoms with van der Waals surface area (Å²) >= 11 is 0. The molecule has 0 spiro atoms. The minimum absolute atomic E-state index is 0.0560. The number of pyridine rings is 1. The van der Waals surface area contributed by atoms with Crippen LogP contribution in [0.4, 0.5) is 39.2 Å². The highest BCUT2D eigenvalue weighted by Gasteiger charge is 2.36. The van der Waals surface area contributed by atoms with Crippen LogP contribution >= 0.6 is 0 Å². The molecule has 5 rings (SSSR count). The van der Waals surface area contributed by atoms with Crippen molar-refractivity contribution in [3.8, 4) is 5.75 Å². The van der Waals surface area contributed by atoms with E-state index in [1.807, 2.05) is 24.3 Å². The van der Waals surface area contributed by atoms with Crippen LogP contribution in [0.2, 0.25) is 0 Å². The number of fused-ring (bicyclic) bond motifs is 1. The first-order valence-electron chi connectivity index (χ1n) is 11.4. The van der Waals surface area contributed by atoms with E-state index in [0.717, 1.165) is 50.3 Å². The molecule has 0 unspecified atom stereocenters. The number of nitrogens with one attached hydrogen (secondary N) is 3. The molecule has 0 aliphatic carbocycles. The van der Waals surface area contributed by atoms with E-state index in [-0.39, 0.29) is 23.5 Å². The zero-order valence-electron chi connectivity index (χ0n) is 19.5. The quantitative estimate of drug-likeness (QED) is 0.502. The second-order valence-corrected chi connectivity index (χ2v) is 8.75. The van der Waals surface area contributed by atoms with Gasteiger partial charge in [0.1, 0.15) is 5.82 Å². The monoisotopic (exact) mass is 479 g/mol. The summed E-state index contributed by atoms with van der Waals surface area (Å²) in [6, 6.07) is 11.2. The van der Waals surface area contributed by atoms with Crippen LogP contribution in [0.25, 0.3) is 0 Å². The molecule has 11 heteroatoms. The van der Waals surface area contributed by atoms with Crippen LogP contribution in [-0.4, -0.2) is 52.8 Å². The molecule has 1 saturated heterocycles. The van der Waals surface area contributed by atoms with Crippen molar-refractivity contribution in [3.63, 3.8) is 0 Å². The fourth-order valence-electron chi connectivity index (χ4n) is 3.79. The van der Waals surface area contributed by atoms with Gasteiger partial charge in [0.05, 0.1) is 12.8 Å². The van der Waals surface area contributed by atoms with Crippen molar-refractivity contribution in [1.29, 1.82) is 0 Å². The fraction of sp³-hybridized carbons (Fsp3) is 0.333. The molecule has 2 aromatic heterocycles. The van der Waals surface area contributed by atoms with E-state index in [1.165, 1.54) is 0 Å². The van der Waals surface area contributed by atoms with Gasteiger partial charge in [-0.15, -0.1) is 0 Å². The van der Waals surface area contributed by atoms with Crippen molar-refractivity contribution in [1.82, 2.24) is 15.0 Å². The number of carbonyl (C=O) groups excluding carboxylic acids is 1. The van der Waals surface area contributed by atoms with E-state index >= 15 is 0 Å². The van der Waals surface area contributed by atoms with Gasteiger partial charge in [-0.2, -0.15) is 4.98 Å². The number of ether oxygens (including phenoxy) is 2. The van der Waals surface area contributed by atoms with E-state index in [0.29, 0.717) is 11.6 Å². The third-order valence-electron chi connectivity index (χ3n) is 5.70. The standard InChI is InChI=1S/C24H26FN7O3/c1-24(2)22(33)30-21-18(35-24)8-9-19(29-21)28-20-17(25)14-26-23(31-20)27-15-4-6-16(7-5-15)32-10-3-12-34-13-11-32/h4-9,14H,3,10-13H2,1-2H3,(H3,26,27,28,29,30,31,33). The lowest BCUT2D eigenvalue weighted by Crippen LogP contribution is -2.46. The summed E-state index contributed by atoms with van der Waals surface area (Å²) in [5, 5.41) is 8.64. The number of aromatic nitrogens is 3. The van der Waals surface area contributed by atoms with Crippen molar-refractivity contribution in [2.24, 2.45) is 0 Å². The Hall–Kier alpha value is -3.99. The second-order valence-electron chi connectivity index (χ2n) is 8.75. The normalized spacial score (nSPS) is 17.0. The van der Waals surface area contributed by atoms with Gasteiger partial charge in [-0.05, 0) is 56.7 Å². The minimum Gasteiger partial charge on any atom is -0.474 e. The lowest BCUT2D eigenvalue weighted by Gasteiger charge is -2.30. The van der Waals surface area contributed by atoms with E-state index in [9.17, 15) is 9.18 Å². The molecule has 1 aromatic carbocycles. The molecule has 0 saturated carbocycles. The maximum atomic E-state index is 14.4. The van der Waals surface area contributed by atoms with Gasteiger partial charge in [-0.25, -0.2) is 14.4 Å². The predicted octanol–water partition coefficient (Wildman–Crippen LogP) is 3.83. The van der Waals surface area contributed by atoms with E-state index in [2.05, 4.69) is 35.8 Å². The summed E-state index contributed by atoms with van der Waals surface area (Å²) in [5.74, 6) is 0.187. The van der Waals surface area contributed by atoms with Crippen molar-refractivity contribution in [3.05, 3.63) is 48.4 Å². The topological polar surface area (TPSA) is 114 Å². The van der Waals surface area contributed by atoms with Gasteiger partial charge in [0.25, 0.3) is 5.91 Å². The molecule has 2 aliphatic rings. The fourth-order valence-corrected chi connectivity index (χ4v) is 3.79. The molecule has 10 nitrogen and oxygen atoms in total. The van der Waals surface area contributed by atoms with Crippen molar-refractivity contribution >= 4 is 40.7 Å². The molecule has 1 fully saturated rings. The predicted molar refractivity (Wildman–Crippen MR) is 130 cm³/mol. The van der Waals surface area contributed by atoms with Crippen LogP contribution in [0.15, 0.2) is 42.6 Å². The van der Waals surface area contributed by atoms with Crippen LogP contribution in [0, 0.1) is 5.82 Å². The molecule has 2 aliphatic heterocycles. The molecule has 0 bridgehead atoms. The van der Waals surface area contributed by atoms with Gasteiger partial charge in [0, 0.05) is 31.1 Å². The minimum atomic E-state index is -0.997. The van der Waals surface area contributed by atoms with Crippen LogP contribution in [0.5, 0.6) is 5.75 Å². The number of hydrogen-bond donors (Lipinski definition) is 3. The maximum Gasteiger partial charge on any atom is 0.269 e. The van der Waals surface area contributed by atoms with Gasteiger partial charge >= 0.3 is 0 Å². The Morgan fingerprint density at radius 2 is 1.89 bits per heavy atom. The van der Waals surface area contributed by atoms with Gasteiger partial charge in [-0.3, -0.25) is 4.79 Å². The third kappa shape index (κ3) is 5.09. The van der Waals surface area contributed by atoms with Crippen LogP contribution in [0.1, 0.15) is 20.3 Å². The zero-order chi connectivity index (χ0) is 24.4. The molecule has 0 radical (unpaired) electrons. The van der Waals surface area contributed by atoms with Crippen molar-refractivity contribution in [2.75, 3.05) is 47.2 Å². The van der Waals surface area contributed by atoms with Crippen LogP contribution in [-0.2, 0) is 9.53 Å². The lowest BCUT2D eigenvalue weighted by atomic mass is 10.1. The molecule has 3 N–H and O–H groups in total. The first kappa shape index (κ1) is 22.8. The molecule has 35 heavy (non-hydrogen) atoms. The van der Waals surface area contributed by atoms with Gasteiger partial charge in [0.15, 0.2) is 28.8 Å². The highest BCUT2D eigenvalue weighted by Crippen LogP contribution is 2.33. The number of nitrogens with zero attached hydrogens (tertiary/aromatic N) is 4. The number of benzene rings is 1. The van der Waals surface area contributed by atoms with E-state index in [4.69, 9.17) is 9.47 Å². The average molecular weight is 480 g/mol. The Morgan fingerprint density at radius 1 is 1.06 bits per heavy atom. The maximum absolute atomic E-state index is 14.4. The summed E-state index contributed by atoms with van der Waals surface area (Å²) in [7, 11) is 0. The number of anilines is 6. The highest BCUT2D eigenvalue weighted by molar-refractivity contribution is 5.99. The van der Waals surface area contributed by atoms with Crippen LogP contribution < -0.4 is 25.6 Å². The van der Waals surface area contributed by atoms with Gasteiger partial charge in [-0.1, -0.05) is 0 Å².